The molecule has 1 amide bonds. The van der Waals surface area contributed by atoms with Gasteiger partial charge in [0.25, 0.3) is 0 Å². The lowest BCUT2D eigenvalue weighted by Crippen LogP contribution is -2.37. The Labute approximate surface area is 164 Å². The number of carbonyl (C=O) groups excluding carboxylic acids is 1. The Morgan fingerprint density at radius 3 is 2.70 bits per heavy atom. The molecule has 0 aromatic carbocycles. The number of nitrogens with zero attached hydrogens (tertiary/aromatic N) is 5. The van der Waals surface area contributed by atoms with Crippen LogP contribution < -0.4 is 10.2 Å². The van der Waals surface area contributed by atoms with Crippen molar-refractivity contribution in [2.45, 2.75) is 38.9 Å². The van der Waals surface area contributed by atoms with Crippen LogP contribution in [0.15, 0.2) is 11.4 Å². The standard InChI is InChI=1S/C18H28N6O2S/c1-18(2,3)11-14(25)19-5-6-24-16-13(12-20-24)15(21-17(22-16)27-4)23-7-9-26-10-8-23/h12H,5-11H2,1-4H3,(H,19,25). The average molecular weight is 393 g/mol. The highest BCUT2D eigenvalue weighted by atomic mass is 32.2. The van der Waals surface area contributed by atoms with Gasteiger partial charge in [-0.05, 0) is 11.7 Å². The van der Waals surface area contributed by atoms with Crippen LogP contribution in [-0.4, -0.2) is 64.8 Å². The first-order valence-corrected chi connectivity index (χ1v) is 10.5. The van der Waals surface area contributed by atoms with E-state index >= 15 is 0 Å². The van der Waals surface area contributed by atoms with Crippen molar-refractivity contribution >= 4 is 34.5 Å². The highest BCUT2D eigenvalue weighted by Gasteiger charge is 2.20. The molecular formula is C18H28N6O2S. The number of ether oxygens (including phenoxy) is 1. The van der Waals surface area contributed by atoms with E-state index < -0.39 is 0 Å². The maximum atomic E-state index is 12.0. The first-order chi connectivity index (χ1) is 12.9. The minimum Gasteiger partial charge on any atom is -0.378 e. The molecule has 0 atom stereocenters. The third kappa shape index (κ3) is 5.10. The Balaban J connectivity index is 1.76. The van der Waals surface area contributed by atoms with E-state index in [-0.39, 0.29) is 11.3 Å². The topological polar surface area (TPSA) is 85.2 Å². The lowest BCUT2D eigenvalue weighted by molar-refractivity contribution is -0.122. The quantitative estimate of drug-likeness (QED) is 0.594. The minimum atomic E-state index is -0.0178. The molecule has 1 N–H and O–H groups in total. The number of hydrogen-bond donors (Lipinski definition) is 1. The second-order valence-electron chi connectivity index (χ2n) is 7.83. The van der Waals surface area contributed by atoms with E-state index in [2.05, 4.69) is 41.1 Å². The molecule has 3 rings (SSSR count). The summed E-state index contributed by atoms with van der Waals surface area (Å²) in [4.78, 5) is 23.6. The number of fused-ring (bicyclic) bond motifs is 1. The molecule has 1 aliphatic rings. The summed E-state index contributed by atoms with van der Waals surface area (Å²) in [6.45, 7) is 10.3. The molecule has 0 unspecified atom stereocenters. The molecule has 1 fully saturated rings. The molecule has 1 saturated heterocycles. The van der Waals surface area contributed by atoms with Crippen LogP contribution in [0.2, 0.25) is 0 Å². The Kier molecular flexibility index (Phi) is 6.21. The van der Waals surface area contributed by atoms with Crippen LogP contribution in [0.25, 0.3) is 11.0 Å². The molecule has 8 nitrogen and oxygen atoms in total. The van der Waals surface area contributed by atoms with Crippen LogP contribution in [-0.2, 0) is 16.1 Å². The maximum Gasteiger partial charge on any atom is 0.220 e. The number of morpholine rings is 1. The van der Waals surface area contributed by atoms with Gasteiger partial charge in [-0.2, -0.15) is 5.10 Å². The van der Waals surface area contributed by atoms with Gasteiger partial charge in [0.05, 0.1) is 31.3 Å². The van der Waals surface area contributed by atoms with E-state index in [1.165, 1.54) is 11.8 Å². The van der Waals surface area contributed by atoms with Gasteiger partial charge in [0.1, 0.15) is 5.82 Å². The number of nitrogens with one attached hydrogen (secondary N) is 1. The molecular weight excluding hydrogens is 364 g/mol. The van der Waals surface area contributed by atoms with Gasteiger partial charge in [-0.15, -0.1) is 0 Å². The van der Waals surface area contributed by atoms with Crippen LogP contribution >= 0.6 is 11.8 Å². The zero-order valence-electron chi connectivity index (χ0n) is 16.5. The Morgan fingerprint density at radius 2 is 2.04 bits per heavy atom. The van der Waals surface area contributed by atoms with Crippen LogP contribution in [0.5, 0.6) is 0 Å². The summed E-state index contributed by atoms with van der Waals surface area (Å²) < 4.78 is 7.30. The van der Waals surface area contributed by atoms with Gasteiger partial charge in [0.15, 0.2) is 10.8 Å². The van der Waals surface area contributed by atoms with Gasteiger partial charge in [0.2, 0.25) is 5.91 Å². The van der Waals surface area contributed by atoms with E-state index in [9.17, 15) is 4.79 Å². The van der Waals surface area contributed by atoms with E-state index in [0.29, 0.717) is 32.7 Å². The summed E-state index contributed by atoms with van der Waals surface area (Å²) >= 11 is 1.52. The van der Waals surface area contributed by atoms with Crippen molar-refractivity contribution in [3.05, 3.63) is 6.20 Å². The normalized spacial score (nSPS) is 15.3. The molecule has 2 aromatic heterocycles. The molecule has 9 heteroatoms. The average Bonchev–Trinajstić information content (AvgIpc) is 3.03. The van der Waals surface area contributed by atoms with Crippen molar-refractivity contribution in [1.82, 2.24) is 25.1 Å². The smallest absolute Gasteiger partial charge is 0.220 e. The number of thioether (sulfide) groups is 1. The van der Waals surface area contributed by atoms with Crippen molar-refractivity contribution in [3.8, 4) is 0 Å². The van der Waals surface area contributed by atoms with Crippen molar-refractivity contribution in [3.63, 3.8) is 0 Å². The van der Waals surface area contributed by atoms with E-state index in [4.69, 9.17) is 9.72 Å². The van der Waals surface area contributed by atoms with Crippen LogP contribution in [0.3, 0.4) is 0 Å². The monoisotopic (exact) mass is 392 g/mol. The van der Waals surface area contributed by atoms with Gasteiger partial charge in [-0.3, -0.25) is 4.79 Å². The number of rotatable bonds is 6. The Morgan fingerprint density at radius 1 is 1.30 bits per heavy atom. The fourth-order valence-corrected chi connectivity index (χ4v) is 3.39. The van der Waals surface area contributed by atoms with Crippen molar-refractivity contribution in [1.29, 1.82) is 0 Å². The molecule has 0 saturated carbocycles. The lowest BCUT2D eigenvalue weighted by atomic mass is 9.92. The van der Waals surface area contributed by atoms with Gasteiger partial charge in [-0.25, -0.2) is 14.6 Å². The second-order valence-corrected chi connectivity index (χ2v) is 8.60. The predicted molar refractivity (Wildman–Crippen MR) is 107 cm³/mol. The Bertz CT molecular complexity index is 795. The summed E-state index contributed by atoms with van der Waals surface area (Å²) in [6.07, 6.45) is 4.30. The molecule has 0 bridgehead atoms. The first-order valence-electron chi connectivity index (χ1n) is 9.24. The second kappa shape index (κ2) is 8.43. The van der Waals surface area contributed by atoms with Gasteiger partial charge in [-0.1, -0.05) is 32.5 Å². The third-order valence-corrected chi connectivity index (χ3v) is 4.83. The van der Waals surface area contributed by atoms with E-state index in [1.54, 1.807) is 0 Å². The lowest BCUT2D eigenvalue weighted by Gasteiger charge is -2.28. The summed E-state index contributed by atoms with van der Waals surface area (Å²) in [5, 5.41) is 9.13. The fraction of sp³-hybridized carbons (Fsp3) is 0.667. The van der Waals surface area contributed by atoms with Crippen molar-refractivity contribution < 1.29 is 9.53 Å². The molecule has 0 spiro atoms. The minimum absolute atomic E-state index is 0.0178. The van der Waals surface area contributed by atoms with Gasteiger partial charge < -0.3 is 15.0 Å². The number of carbonyl (C=O) groups is 1. The third-order valence-electron chi connectivity index (χ3n) is 4.29. The summed E-state index contributed by atoms with van der Waals surface area (Å²) in [5.74, 6) is 0.975. The summed E-state index contributed by atoms with van der Waals surface area (Å²) in [7, 11) is 0. The number of aromatic nitrogens is 4. The number of hydrogen-bond acceptors (Lipinski definition) is 7. The molecule has 1 aliphatic heterocycles. The van der Waals surface area contributed by atoms with Crippen LogP contribution in [0.1, 0.15) is 27.2 Å². The molecule has 0 aliphatic carbocycles. The predicted octanol–water partition coefficient (Wildman–Crippen LogP) is 1.94. The molecule has 0 radical (unpaired) electrons. The molecule has 148 valence electrons. The maximum absolute atomic E-state index is 12.0. The summed E-state index contributed by atoms with van der Waals surface area (Å²) in [5.41, 5.74) is 0.789. The molecule has 3 heterocycles. The van der Waals surface area contributed by atoms with Crippen molar-refractivity contribution in [2.24, 2.45) is 5.41 Å². The zero-order chi connectivity index (χ0) is 19.4. The fourth-order valence-electron chi connectivity index (χ4n) is 3.04. The summed E-state index contributed by atoms with van der Waals surface area (Å²) in [6, 6.07) is 0. The first kappa shape index (κ1) is 19.9. The molecule has 2 aromatic rings. The number of anilines is 1. The number of amides is 1. The van der Waals surface area contributed by atoms with E-state index in [0.717, 1.165) is 35.1 Å². The SMILES string of the molecule is CSc1nc(N2CCOCC2)c2cnn(CCNC(=O)CC(C)(C)C)c2n1. The Hall–Kier alpha value is -1.87. The largest absolute Gasteiger partial charge is 0.378 e. The van der Waals surface area contributed by atoms with Crippen LogP contribution in [0, 0.1) is 5.41 Å². The highest BCUT2D eigenvalue weighted by molar-refractivity contribution is 7.98. The molecule has 27 heavy (non-hydrogen) atoms. The highest BCUT2D eigenvalue weighted by Crippen LogP contribution is 2.27. The van der Waals surface area contributed by atoms with E-state index in [1.807, 2.05) is 17.1 Å². The van der Waals surface area contributed by atoms with Crippen LogP contribution in [0.4, 0.5) is 5.82 Å². The van der Waals surface area contributed by atoms with Gasteiger partial charge >= 0.3 is 0 Å². The van der Waals surface area contributed by atoms with Gasteiger partial charge in [0, 0.05) is 26.1 Å². The van der Waals surface area contributed by atoms with Crippen molar-refractivity contribution in [2.75, 3.05) is 44.0 Å². The zero-order valence-corrected chi connectivity index (χ0v) is 17.3.